The number of alkyl halides is 3. The lowest BCUT2D eigenvalue weighted by Gasteiger charge is -2.28. The van der Waals surface area contributed by atoms with Crippen LogP contribution < -0.4 is 5.56 Å². The number of rotatable bonds is 13. The molecule has 4 aromatic rings. The zero-order valence-electron chi connectivity index (χ0n) is 46.6. The fourth-order valence-electron chi connectivity index (χ4n) is 4.50. The summed E-state index contributed by atoms with van der Waals surface area (Å²) in [5.41, 5.74) is -9.20. The molecule has 5 rings (SSSR count). The SMILES string of the molecule is [2H]c1c([2H])c(CSc2nc(=O)c3c(n2CC(=O)N(Cc2c([2H])c([2H])c(-c4c([2H])c([2H])c(C(F)(F)F)c(C)c4[2H])c([2H])c2[2H])C([2H])([2H])C([2H])([2H])N(CC)CC)C([2H])([2H])C([2H])(C)C3([2H])[2H])c([2H])c([2H])c1F. The van der Waals surface area contributed by atoms with E-state index in [0.717, 1.165) is 18.7 Å². The molecule has 11 heteroatoms. The van der Waals surface area contributed by atoms with E-state index in [1.54, 1.807) is 0 Å². The van der Waals surface area contributed by atoms with Gasteiger partial charge in [-0.05, 0) is 84.6 Å². The summed E-state index contributed by atoms with van der Waals surface area (Å²) in [6.45, 7) is -5.60. The van der Waals surface area contributed by atoms with Crippen molar-refractivity contribution in [2.24, 2.45) is 5.89 Å². The average molecular weight is 715 g/mol. The molecule has 49 heavy (non-hydrogen) atoms. The van der Waals surface area contributed by atoms with Gasteiger partial charge in [-0.15, -0.1) is 0 Å². The Morgan fingerprint density at radius 1 is 1.04 bits per heavy atom. The Kier molecular flexibility index (Phi) is 5.88. The Morgan fingerprint density at radius 3 is 2.35 bits per heavy atom. The lowest BCUT2D eigenvalue weighted by atomic mass is 9.98. The molecule has 0 bridgehead atoms. The summed E-state index contributed by atoms with van der Waals surface area (Å²) in [4.78, 5) is 33.6. The van der Waals surface area contributed by atoms with Crippen molar-refractivity contribution in [3.63, 3.8) is 0 Å². The molecular formula is C38H42F4N4O2S. The van der Waals surface area contributed by atoms with Crippen LogP contribution in [0.4, 0.5) is 17.6 Å². The van der Waals surface area contributed by atoms with E-state index < -0.39 is 190 Å². The van der Waals surface area contributed by atoms with Crippen molar-refractivity contribution in [1.29, 1.82) is 0 Å². The zero-order valence-corrected chi connectivity index (χ0v) is 27.4. The molecule has 1 amide bonds. The van der Waals surface area contributed by atoms with Gasteiger partial charge in [-0.2, -0.15) is 18.2 Å². The van der Waals surface area contributed by atoms with Gasteiger partial charge in [0.25, 0.3) is 5.56 Å². The largest absolute Gasteiger partial charge is 0.416 e. The molecular weight excluding hydrogens is 653 g/mol. The van der Waals surface area contributed by atoms with Crippen LogP contribution in [0, 0.1) is 18.6 Å². The Hall–Kier alpha value is -3.96. The molecule has 0 saturated carbocycles. The topological polar surface area (TPSA) is 58.4 Å². The number of hydrogen-bond acceptors (Lipinski definition) is 5. The number of fused-ring (bicyclic) bond motifs is 1. The van der Waals surface area contributed by atoms with Crippen LogP contribution in [0.1, 0.15) is 81.7 Å². The molecule has 1 atom stereocenters. The number of likely N-dealkylation sites (N-methyl/N-ethyl adjacent to an activating group) is 1. The van der Waals surface area contributed by atoms with E-state index in [-0.39, 0.29) is 18.0 Å². The second kappa shape index (κ2) is 15.7. The number of carbonyl (C=O) groups excluding carboxylic acids is 1. The molecule has 3 aromatic carbocycles. The molecule has 0 saturated heterocycles. The van der Waals surface area contributed by atoms with Crippen LogP contribution in [0.25, 0.3) is 11.1 Å². The van der Waals surface area contributed by atoms with Crippen molar-refractivity contribution in [2.45, 2.75) is 70.6 Å². The van der Waals surface area contributed by atoms with Gasteiger partial charge in [-0.25, -0.2) is 4.39 Å². The summed E-state index contributed by atoms with van der Waals surface area (Å²) >= 11 is 0.340. The zero-order chi connectivity index (χ0) is 53.0. The van der Waals surface area contributed by atoms with Crippen LogP contribution in [-0.4, -0.2) is 51.3 Å². The number of nitrogens with zero attached hydrogens (tertiary/aromatic N) is 4. The maximum atomic E-state index is 15.0. The highest BCUT2D eigenvalue weighted by atomic mass is 32.2. The molecule has 0 radical (unpaired) electrons. The van der Waals surface area contributed by atoms with Crippen molar-refractivity contribution in [1.82, 2.24) is 19.4 Å². The second-order valence-electron chi connectivity index (χ2n) is 10.4. The summed E-state index contributed by atoms with van der Waals surface area (Å²) in [5.74, 6) is -6.69. The lowest BCUT2D eigenvalue weighted by molar-refractivity contribution is -0.138. The van der Waals surface area contributed by atoms with Gasteiger partial charge in [0.1, 0.15) is 12.4 Å². The molecule has 1 aliphatic rings. The molecule has 0 N–H and O–H groups in total. The molecule has 260 valence electrons. The summed E-state index contributed by atoms with van der Waals surface area (Å²) < 4.78 is 230. The van der Waals surface area contributed by atoms with Gasteiger partial charge in [-0.1, -0.05) is 80.9 Å². The van der Waals surface area contributed by atoms with Crippen LogP contribution >= 0.6 is 11.8 Å². The minimum Gasteiger partial charge on any atom is -0.336 e. The van der Waals surface area contributed by atoms with Crippen LogP contribution in [0.15, 0.2) is 76.4 Å². The van der Waals surface area contributed by atoms with E-state index in [1.165, 1.54) is 13.8 Å². The van der Waals surface area contributed by atoms with Crippen LogP contribution in [0.3, 0.4) is 0 Å². The van der Waals surface area contributed by atoms with E-state index in [9.17, 15) is 25.1 Å². The third-order valence-corrected chi connectivity index (χ3v) is 7.99. The van der Waals surface area contributed by atoms with Crippen molar-refractivity contribution in [3.05, 3.63) is 116 Å². The maximum absolute atomic E-state index is 15.0. The van der Waals surface area contributed by atoms with E-state index in [4.69, 9.17) is 24.7 Å². The van der Waals surface area contributed by atoms with Crippen LogP contribution in [-0.2, 0) is 42.6 Å². The molecule has 1 aliphatic carbocycles. The molecule has 1 heterocycles. The molecule has 0 aliphatic heterocycles. The predicted octanol–water partition coefficient (Wildman–Crippen LogP) is 7.77. The lowest BCUT2D eigenvalue weighted by Crippen LogP contribution is -2.40. The van der Waals surface area contributed by atoms with Crippen LogP contribution in [0.2, 0.25) is 0 Å². The minimum absolute atomic E-state index is 0.103. The highest BCUT2D eigenvalue weighted by molar-refractivity contribution is 7.98. The van der Waals surface area contributed by atoms with Crippen molar-refractivity contribution in [3.8, 4) is 11.1 Å². The highest BCUT2D eigenvalue weighted by Gasteiger charge is 2.32. The first-order valence-corrected chi connectivity index (χ1v) is 15.7. The number of thioether (sulfide) groups is 1. The molecule has 1 unspecified atom stereocenters. The normalized spacial score (nSPS) is 24.3. The number of aromatic nitrogens is 2. The van der Waals surface area contributed by atoms with Gasteiger partial charge in [0.15, 0.2) is 5.16 Å². The van der Waals surface area contributed by atoms with Gasteiger partial charge in [0.05, 0.1) is 23.4 Å². The fourth-order valence-corrected chi connectivity index (χ4v) is 5.37. The quantitative estimate of drug-likeness (QED) is 0.0805. The average Bonchev–Trinajstić information content (AvgIpc) is 3.35. The third kappa shape index (κ3) is 8.99. The third-order valence-electron chi connectivity index (χ3n) is 6.99. The number of benzene rings is 3. The smallest absolute Gasteiger partial charge is 0.336 e. The van der Waals surface area contributed by atoms with E-state index in [0.29, 0.717) is 16.3 Å². The van der Waals surface area contributed by atoms with Gasteiger partial charge in [0.2, 0.25) is 5.91 Å². The van der Waals surface area contributed by atoms with Crippen molar-refractivity contribution >= 4 is 17.7 Å². The first kappa shape index (κ1) is 18.3. The van der Waals surface area contributed by atoms with E-state index in [2.05, 4.69) is 4.98 Å². The number of halogens is 4. The maximum Gasteiger partial charge on any atom is 0.416 e. The van der Waals surface area contributed by atoms with Gasteiger partial charge >= 0.3 is 6.18 Å². The molecule has 0 fully saturated rings. The van der Waals surface area contributed by atoms with Gasteiger partial charge in [0, 0.05) is 46.1 Å². The minimum atomic E-state index is -5.22. The standard InChI is InChI=1S/C38H42F4N4O2S/c1-5-44(6-2)17-18-45(22-27-7-11-29(12-8-27)30-13-16-33(26(4)21-30)38(40,41)42)35(47)23-46-34-20-25(3)19-32(34)36(48)43-37(46)49-24-28-9-14-31(39)15-10-28/h7-16,21,25H,5-6,17-20,22-24H2,1-4H3/i7D,8D,9D,10D,11D,12D,13D,14D,15D,16D,17D2,18D2,19D2,20D2,21D,25D. The molecule has 6 nitrogen and oxygen atoms in total. The number of hydrogen-bond donors (Lipinski definition) is 0. The second-order valence-corrected chi connectivity index (χ2v) is 11.4. The van der Waals surface area contributed by atoms with Crippen molar-refractivity contribution < 1.29 is 49.8 Å². The Bertz CT molecular complexity index is 2770. The van der Waals surface area contributed by atoms with Crippen LogP contribution in [0.5, 0.6) is 0 Å². The summed E-state index contributed by atoms with van der Waals surface area (Å²) in [5, 5.41) is -0.732. The van der Waals surface area contributed by atoms with Crippen molar-refractivity contribution in [2.75, 3.05) is 26.1 Å². The summed E-state index contributed by atoms with van der Waals surface area (Å²) in [7, 11) is 0. The summed E-state index contributed by atoms with van der Waals surface area (Å²) in [6.07, 6.45) is -11.6. The monoisotopic (exact) mass is 714 g/mol. The Balaban J connectivity index is 1.80. The van der Waals surface area contributed by atoms with Gasteiger partial charge in [-0.3, -0.25) is 9.59 Å². The fraction of sp³-hybridized carbons (Fsp3) is 0.395. The first-order valence-electron chi connectivity index (χ1n) is 24.7. The van der Waals surface area contributed by atoms with Gasteiger partial charge < -0.3 is 14.4 Å². The first-order chi connectivity index (χ1) is 31.4. The highest BCUT2D eigenvalue weighted by Crippen LogP contribution is 2.34. The predicted molar refractivity (Wildman–Crippen MR) is 186 cm³/mol. The Morgan fingerprint density at radius 2 is 1.69 bits per heavy atom. The van der Waals surface area contributed by atoms with E-state index >= 15 is 4.79 Å². The summed E-state index contributed by atoms with van der Waals surface area (Å²) in [6, 6.07) is -12.2. The number of carbonyl (C=O) groups is 1. The number of amides is 1. The Labute approximate surface area is 317 Å². The molecule has 0 spiro atoms. The molecule has 1 aromatic heterocycles. The van der Waals surface area contributed by atoms with E-state index in [1.807, 2.05) is 0 Å².